The fourth-order valence-electron chi connectivity index (χ4n) is 2.44. The quantitative estimate of drug-likeness (QED) is 0.920. The average Bonchev–Trinajstić information content (AvgIpc) is 3.15. The summed E-state index contributed by atoms with van der Waals surface area (Å²) < 4.78 is 10.8. The molecule has 2 heterocycles. The molecule has 0 bridgehead atoms. The molecule has 0 spiro atoms. The normalized spacial score (nSPS) is 18.3. The van der Waals surface area contributed by atoms with Crippen LogP contribution in [0.25, 0.3) is 11.5 Å². The number of ether oxygens (including phenoxy) is 1. The first-order chi connectivity index (χ1) is 10.7. The first-order valence-corrected chi connectivity index (χ1v) is 6.82. The van der Waals surface area contributed by atoms with Crippen LogP contribution in [0.4, 0.5) is 4.79 Å². The van der Waals surface area contributed by atoms with E-state index in [4.69, 9.17) is 19.1 Å². The summed E-state index contributed by atoms with van der Waals surface area (Å²) in [5.41, 5.74) is 0.738. The number of benzene rings is 1. The second-order valence-electron chi connectivity index (χ2n) is 4.83. The minimum Gasteiger partial charge on any atom is -0.497 e. The molecule has 1 atom stereocenters. The summed E-state index contributed by atoms with van der Waals surface area (Å²) in [4.78, 5) is 15.4. The molecule has 1 unspecified atom stereocenters. The number of carbonyl (C=O) groups is 1. The van der Waals surface area contributed by atoms with Crippen LogP contribution in [0.1, 0.15) is 24.8 Å². The molecule has 1 fully saturated rings. The number of rotatable bonds is 4. The highest BCUT2D eigenvalue weighted by Crippen LogP contribution is 2.33. The molecule has 1 aromatic carbocycles. The number of hydrogen-bond donors (Lipinski definition) is 1. The lowest BCUT2D eigenvalue weighted by Crippen LogP contribution is -2.26. The Kier molecular flexibility index (Phi) is 3.92. The third-order valence-electron chi connectivity index (χ3n) is 3.44. The van der Waals surface area contributed by atoms with Gasteiger partial charge in [0, 0.05) is 12.1 Å². The lowest BCUT2D eigenvalue weighted by molar-refractivity contribution is -0.134. The van der Waals surface area contributed by atoms with Gasteiger partial charge in [-0.1, -0.05) is 6.07 Å². The standard InChI is InChI=1S/C14H15N3O5/c1-20-10-5-2-4-9(8-10)12-15-16-13(21-12)11-6-3-7-17(11)22-14(18)19/h2,4-5,8,11H,3,6-7H2,1H3,(H,18,19). The van der Waals surface area contributed by atoms with Gasteiger partial charge in [0.05, 0.1) is 7.11 Å². The van der Waals surface area contributed by atoms with E-state index in [9.17, 15) is 4.79 Å². The molecule has 1 N–H and O–H groups in total. The maximum Gasteiger partial charge on any atom is 0.525 e. The SMILES string of the molecule is COc1cccc(-c2nnc(C3CCCN3OC(=O)O)o2)c1. The lowest BCUT2D eigenvalue weighted by atomic mass is 10.2. The van der Waals surface area contributed by atoms with Gasteiger partial charge in [0.1, 0.15) is 11.8 Å². The van der Waals surface area contributed by atoms with Gasteiger partial charge in [-0.15, -0.1) is 15.3 Å². The van der Waals surface area contributed by atoms with Crippen molar-refractivity contribution in [2.75, 3.05) is 13.7 Å². The number of aromatic nitrogens is 2. The summed E-state index contributed by atoms with van der Waals surface area (Å²) in [6, 6.07) is 6.92. The summed E-state index contributed by atoms with van der Waals surface area (Å²) in [6.07, 6.45) is 0.154. The van der Waals surface area contributed by atoms with Crippen molar-refractivity contribution in [3.05, 3.63) is 30.2 Å². The van der Waals surface area contributed by atoms with Gasteiger partial charge >= 0.3 is 6.16 Å². The summed E-state index contributed by atoms with van der Waals surface area (Å²) in [6.45, 7) is 0.508. The van der Waals surface area contributed by atoms with Crippen LogP contribution in [0, 0.1) is 0 Å². The van der Waals surface area contributed by atoms with Gasteiger partial charge in [-0.25, -0.2) is 4.79 Å². The second-order valence-corrected chi connectivity index (χ2v) is 4.83. The Balaban J connectivity index is 1.82. The van der Waals surface area contributed by atoms with E-state index in [0.29, 0.717) is 30.5 Å². The van der Waals surface area contributed by atoms with E-state index in [2.05, 4.69) is 10.2 Å². The van der Waals surface area contributed by atoms with Gasteiger partial charge in [-0.3, -0.25) is 0 Å². The van der Waals surface area contributed by atoms with Crippen molar-refractivity contribution in [1.82, 2.24) is 15.3 Å². The van der Waals surface area contributed by atoms with E-state index >= 15 is 0 Å². The molecule has 0 saturated carbocycles. The van der Waals surface area contributed by atoms with Crippen molar-refractivity contribution in [3.63, 3.8) is 0 Å². The Hall–Kier alpha value is -2.61. The highest BCUT2D eigenvalue weighted by atomic mass is 16.8. The van der Waals surface area contributed by atoms with Crippen LogP contribution in [0.15, 0.2) is 28.7 Å². The Labute approximate surface area is 126 Å². The lowest BCUT2D eigenvalue weighted by Gasteiger charge is -2.17. The van der Waals surface area contributed by atoms with Gasteiger partial charge in [-0.2, -0.15) is 0 Å². The van der Waals surface area contributed by atoms with Gasteiger partial charge in [-0.05, 0) is 31.0 Å². The maximum atomic E-state index is 10.7. The van der Waals surface area contributed by atoms with Gasteiger partial charge < -0.3 is 19.1 Å². The maximum absolute atomic E-state index is 10.7. The van der Waals surface area contributed by atoms with Gasteiger partial charge in [0.2, 0.25) is 11.8 Å². The molecular formula is C14H15N3O5. The number of carboxylic acid groups (broad SMARTS) is 1. The Morgan fingerprint density at radius 3 is 3.09 bits per heavy atom. The molecule has 3 rings (SSSR count). The highest BCUT2D eigenvalue weighted by molar-refractivity contribution is 5.56. The molecule has 116 valence electrons. The Bertz CT molecular complexity index is 672. The van der Waals surface area contributed by atoms with Crippen LogP contribution >= 0.6 is 0 Å². The predicted octanol–water partition coefficient (Wildman–Crippen LogP) is 2.49. The highest BCUT2D eigenvalue weighted by Gasteiger charge is 2.33. The second kappa shape index (κ2) is 6.02. The topological polar surface area (TPSA) is 97.9 Å². The van der Waals surface area contributed by atoms with E-state index in [-0.39, 0.29) is 6.04 Å². The Morgan fingerprint density at radius 2 is 2.32 bits per heavy atom. The van der Waals surface area contributed by atoms with Crippen molar-refractivity contribution >= 4 is 6.16 Å². The summed E-state index contributed by atoms with van der Waals surface area (Å²) >= 11 is 0. The predicted molar refractivity (Wildman–Crippen MR) is 74.1 cm³/mol. The van der Waals surface area contributed by atoms with Crippen LogP contribution in [0.3, 0.4) is 0 Å². The van der Waals surface area contributed by atoms with Gasteiger partial charge in [0.25, 0.3) is 0 Å². The molecule has 0 radical (unpaired) electrons. The fraction of sp³-hybridized carbons (Fsp3) is 0.357. The van der Waals surface area contributed by atoms with E-state index in [1.165, 1.54) is 5.06 Å². The first-order valence-electron chi connectivity index (χ1n) is 6.82. The van der Waals surface area contributed by atoms with E-state index in [1.807, 2.05) is 18.2 Å². The zero-order chi connectivity index (χ0) is 15.5. The molecule has 1 aromatic heterocycles. The zero-order valence-electron chi connectivity index (χ0n) is 11.9. The molecule has 2 aromatic rings. The third kappa shape index (κ3) is 2.86. The number of hydrogen-bond acceptors (Lipinski definition) is 7. The first kappa shape index (κ1) is 14.3. The molecule has 8 nitrogen and oxygen atoms in total. The van der Waals surface area contributed by atoms with Crippen LogP contribution < -0.4 is 4.74 Å². The average molecular weight is 305 g/mol. The van der Waals surface area contributed by atoms with Crippen LogP contribution in [-0.2, 0) is 4.84 Å². The molecule has 22 heavy (non-hydrogen) atoms. The van der Waals surface area contributed by atoms with Crippen LogP contribution in [-0.4, -0.2) is 40.2 Å². The van der Waals surface area contributed by atoms with E-state index in [1.54, 1.807) is 13.2 Å². The van der Waals surface area contributed by atoms with Crippen molar-refractivity contribution in [2.45, 2.75) is 18.9 Å². The van der Waals surface area contributed by atoms with Gasteiger partial charge in [0.15, 0.2) is 0 Å². The number of methoxy groups -OCH3 is 1. The molecule has 0 aliphatic carbocycles. The molecule has 1 aliphatic heterocycles. The summed E-state index contributed by atoms with van der Waals surface area (Å²) in [5.74, 6) is 1.39. The van der Waals surface area contributed by atoms with E-state index in [0.717, 1.165) is 12.0 Å². The third-order valence-corrected chi connectivity index (χ3v) is 3.44. The number of hydroxylamine groups is 2. The summed E-state index contributed by atoms with van der Waals surface area (Å²) in [5, 5.41) is 18.1. The minimum atomic E-state index is -1.35. The van der Waals surface area contributed by atoms with Crippen molar-refractivity contribution in [2.24, 2.45) is 0 Å². The molecule has 1 saturated heterocycles. The fourth-order valence-corrected chi connectivity index (χ4v) is 2.44. The molecular weight excluding hydrogens is 290 g/mol. The van der Waals surface area contributed by atoms with Crippen LogP contribution in [0.2, 0.25) is 0 Å². The smallest absolute Gasteiger partial charge is 0.497 e. The summed E-state index contributed by atoms with van der Waals surface area (Å²) in [7, 11) is 1.58. The monoisotopic (exact) mass is 305 g/mol. The molecule has 0 amide bonds. The molecule has 8 heteroatoms. The van der Waals surface area contributed by atoms with Crippen molar-refractivity contribution < 1.29 is 23.9 Å². The largest absolute Gasteiger partial charge is 0.525 e. The van der Waals surface area contributed by atoms with Crippen LogP contribution in [0.5, 0.6) is 5.75 Å². The zero-order valence-corrected chi connectivity index (χ0v) is 11.9. The van der Waals surface area contributed by atoms with E-state index < -0.39 is 6.16 Å². The minimum absolute atomic E-state index is 0.344. The van der Waals surface area contributed by atoms with Crippen molar-refractivity contribution in [1.29, 1.82) is 0 Å². The Morgan fingerprint density at radius 1 is 1.45 bits per heavy atom. The number of nitrogens with zero attached hydrogens (tertiary/aromatic N) is 3. The molecule has 1 aliphatic rings. The van der Waals surface area contributed by atoms with Crippen molar-refractivity contribution in [3.8, 4) is 17.2 Å².